The van der Waals surface area contributed by atoms with E-state index in [4.69, 9.17) is 34.8 Å². The van der Waals surface area contributed by atoms with E-state index in [2.05, 4.69) is 10.6 Å². The minimum Gasteiger partial charge on any atom is -0.326 e. The standard InChI is InChI=1S/C30H20Cl3F9N2O3/c1-12(11-28(37,38)39)22(45)10-16-19(34)6-7-21(25(16)36)44-26(46)15-9-14(3-4-18(15)31)43-27(47)24-23(29(24,32)33)13-2-5-20(35)17(8-13)30(40,41)42/h2-9,12,23-24H,10-11H2,1H3,(H,43,47)(H,44,46)/t12?,23-,24+/m0/s1. The molecule has 3 atom stereocenters. The molecule has 47 heavy (non-hydrogen) atoms. The van der Waals surface area contributed by atoms with Crippen molar-refractivity contribution in [3.05, 3.63) is 93.3 Å². The normalized spacial score (nSPS) is 18.0. The number of ketones is 1. The first-order valence-electron chi connectivity index (χ1n) is 13.3. The number of amides is 2. The van der Waals surface area contributed by atoms with E-state index in [9.17, 15) is 49.5 Å². The highest BCUT2D eigenvalue weighted by Crippen LogP contribution is 2.65. The maximum absolute atomic E-state index is 15.2. The van der Waals surface area contributed by atoms with Crippen LogP contribution >= 0.6 is 34.8 Å². The molecule has 252 valence electrons. The quantitative estimate of drug-likeness (QED) is 0.170. The lowest BCUT2D eigenvalue weighted by Gasteiger charge is -2.15. The molecule has 2 amide bonds. The third-order valence-corrected chi connectivity index (χ3v) is 8.61. The third-order valence-electron chi connectivity index (χ3n) is 7.34. The number of hydrogen-bond acceptors (Lipinski definition) is 3. The average molecular weight is 734 g/mol. The fourth-order valence-corrected chi connectivity index (χ4v) is 5.91. The number of nitrogens with one attached hydrogen (secondary N) is 2. The van der Waals surface area contributed by atoms with Crippen LogP contribution < -0.4 is 10.6 Å². The molecule has 1 saturated carbocycles. The van der Waals surface area contributed by atoms with Crippen molar-refractivity contribution in [2.75, 3.05) is 10.6 Å². The van der Waals surface area contributed by atoms with Crippen molar-refractivity contribution in [1.82, 2.24) is 0 Å². The molecule has 17 heteroatoms. The van der Waals surface area contributed by atoms with Gasteiger partial charge in [-0.25, -0.2) is 13.2 Å². The minimum atomic E-state index is -5.03. The van der Waals surface area contributed by atoms with Gasteiger partial charge in [0.15, 0.2) is 5.82 Å². The second-order valence-corrected chi connectivity index (χ2v) is 12.6. The summed E-state index contributed by atoms with van der Waals surface area (Å²) in [5, 5.41) is 4.31. The Morgan fingerprint density at radius 2 is 1.53 bits per heavy atom. The molecule has 1 aliphatic carbocycles. The molecule has 4 rings (SSSR count). The fraction of sp³-hybridized carbons (Fsp3) is 0.300. The number of halogens is 12. The summed E-state index contributed by atoms with van der Waals surface area (Å²) in [5.74, 6) is -11.3. The average Bonchev–Trinajstić information content (AvgIpc) is 3.53. The molecular formula is C30H20Cl3F9N2O3. The van der Waals surface area contributed by atoms with Crippen molar-refractivity contribution in [3.8, 4) is 0 Å². The van der Waals surface area contributed by atoms with E-state index in [1.54, 1.807) is 0 Å². The van der Waals surface area contributed by atoms with Crippen molar-refractivity contribution >= 4 is 63.8 Å². The van der Waals surface area contributed by atoms with Gasteiger partial charge < -0.3 is 10.6 Å². The van der Waals surface area contributed by atoms with Gasteiger partial charge in [-0.3, -0.25) is 14.4 Å². The summed E-state index contributed by atoms with van der Waals surface area (Å²) in [4.78, 5) is 38.3. The van der Waals surface area contributed by atoms with Crippen molar-refractivity contribution in [2.24, 2.45) is 11.8 Å². The van der Waals surface area contributed by atoms with Crippen molar-refractivity contribution in [1.29, 1.82) is 0 Å². The van der Waals surface area contributed by atoms with Crippen LogP contribution in [0.25, 0.3) is 0 Å². The van der Waals surface area contributed by atoms with Crippen molar-refractivity contribution < 1.29 is 53.9 Å². The van der Waals surface area contributed by atoms with Crippen LogP contribution in [-0.4, -0.2) is 28.1 Å². The zero-order chi connectivity index (χ0) is 35.2. The monoisotopic (exact) mass is 732 g/mol. The van der Waals surface area contributed by atoms with E-state index in [1.807, 2.05) is 0 Å². The van der Waals surface area contributed by atoms with Crippen LogP contribution in [0.2, 0.25) is 5.02 Å². The Morgan fingerprint density at radius 3 is 2.15 bits per heavy atom. The lowest BCUT2D eigenvalue weighted by Crippen LogP contribution is -2.22. The highest BCUT2D eigenvalue weighted by Gasteiger charge is 2.67. The topological polar surface area (TPSA) is 75.3 Å². The summed E-state index contributed by atoms with van der Waals surface area (Å²) in [5.41, 5.74) is -3.68. The molecule has 0 aliphatic heterocycles. The summed E-state index contributed by atoms with van der Waals surface area (Å²) in [7, 11) is 0. The minimum absolute atomic E-state index is 0.0843. The first-order valence-corrected chi connectivity index (χ1v) is 14.5. The SMILES string of the molecule is CC(CC(F)(F)F)C(=O)Cc1c(F)ccc(NC(=O)c2cc(NC(=O)[C@H]3[C@H](c4ccc(F)c(C(F)(F)F)c4)C3(Cl)Cl)ccc2Cl)c1F. The summed E-state index contributed by atoms with van der Waals surface area (Å²) in [6.07, 6.45) is -12.2. The summed E-state index contributed by atoms with van der Waals surface area (Å²) in [6, 6.07) is 7.02. The van der Waals surface area contributed by atoms with E-state index in [0.717, 1.165) is 31.2 Å². The molecule has 1 unspecified atom stereocenters. The van der Waals surface area contributed by atoms with Crippen LogP contribution in [0.3, 0.4) is 0 Å². The highest BCUT2D eigenvalue weighted by molar-refractivity contribution is 6.53. The second-order valence-electron chi connectivity index (χ2n) is 10.8. The zero-order valence-electron chi connectivity index (χ0n) is 23.5. The molecule has 3 aromatic carbocycles. The van der Waals surface area contributed by atoms with Crippen LogP contribution in [-0.2, 0) is 22.2 Å². The first kappa shape index (κ1) is 36.3. The number of alkyl halides is 8. The summed E-state index contributed by atoms with van der Waals surface area (Å²) >= 11 is 18.5. The third kappa shape index (κ3) is 8.15. The van der Waals surface area contributed by atoms with E-state index >= 15 is 4.39 Å². The summed E-state index contributed by atoms with van der Waals surface area (Å²) in [6.45, 7) is 0.959. The zero-order valence-corrected chi connectivity index (χ0v) is 25.8. The molecule has 0 spiro atoms. The number of Topliss-reactive ketones (excluding diaryl/α,β-unsaturated/α-hetero) is 1. The first-order chi connectivity index (χ1) is 21.6. The molecular weight excluding hydrogens is 714 g/mol. The molecule has 0 heterocycles. The van der Waals surface area contributed by atoms with Gasteiger partial charge in [0, 0.05) is 29.5 Å². The van der Waals surface area contributed by atoms with E-state index in [1.165, 1.54) is 6.07 Å². The number of carbonyl (C=O) groups excluding carboxylic acids is 3. The van der Waals surface area contributed by atoms with Gasteiger partial charge in [-0.2, -0.15) is 26.3 Å². The maximum Gasteiger partial charge on any atom is 0.419 e. The van der Waals surface area contributed by atoms with Gasteiger partial charge in [-0.05, 0) is 48.0 Å². The number of benzene rings is 3. The van der Waals surface area contributed by atoms with Gasteiger partial charge >= 0.3 is 12.4 Å². The van der Waals surface area contributed by atoms with Crippen LogP contribution in [0.5, 0.6) is 0 Å². The van der Waals surface area contributed by atoms with Crippen LogP contribution in [0, 0.1) is 29.3 Å². The van der Waals surface area contributed by atoms with Crippen LogP contribution in [0.4, 0.5) is 50.9 Å². The molecule has 0 aromatic heterocycles. The van der Waals surface area contributed by atoms with Crippen LogP contribution in [0.15, 0.2) is 48.5 Å². The molecule has 3 aromatic rings. The lowest BCUT2D eigenvalue weighted by atomic mass is 9.95. The van der Waals surface area contributed by atoms with Crippen molar-refractivity contribution in [3.63, 3.8) is 0 Å². The molecule has 5 nitrogen and oxygen atoms in total. The maximum atomic E-state index is 15.2. The van der Waals surface area contributed by atoms with Gasteiger partial charge in [0.05, 0.1) is 34.2 Å². The van der Waals surface area contributed by atoms with E-state index in [0.29, 0.717) is 18.2 Å². The highest BCUT2D eigenvalue weighted by atomic mass is 35.5. The number of hydrogen-bond donors (Lipinski definition) is 2. The second kappa shape index (κ2) is 13.2. The molecule has 1 aliphatic rings. The predicted molar refractivity (Wildman–Crippen MR) is 155 cm³/mol. The molecule has 0 bridgehead atoms. The summed E-state index contributed by atoms with van der Waals surface area (Å²) < 4.78 is 119. The molecule has 2 N–H and O–H groups in total. The van der Waals surface area contributed by atoms with Gasteiger partial charge in [0.1, 0.15) is 21.8 Å². The van der Waals surface area contributed by atoms with Crippen LogP contribution in [0.1, 0.15) is 46.3 Å². The Balaban J connectivity index is 1.50. The van der Waals surface area contributed by atoms with Gasteiger partial charge in [-0.15, -0.1) is 23.2 Å². The van der Waals surface area contributed by atoms with Gasteiger partial charge in [-0.1, -0.05) is 24.6 Å². The number of rotatable bonds is 9. The number of anilines is 2. The molecule has 0 saturated heterocycles. The van der Waals surface area contributed by atoms with E-state index in [-0.39, 0.29) is 21.8 Å². The Kier molecular flexibility index (Phi) is 10.2. The van der Waals surface area contributed by atoms with Gasteiger partial charge in [0.2, 0.25) is 5.91 Å². The largest absolute Gasteiger partial charge is 0.419 e. The lowest BCUT2D eigenvalue weighted by molar-refractivity contribution is -0.151. The van der Waals surface area contributed by atoms with Crippen molar-refractivity contribution in [2.45, 2.75) is 42.4 Å². The fourth-order valence-electron chi connectivity index (χ4n) is 4.87. The van der Waals surface area contributed by atoms with E-state index < -0.39 is 99.1 Å². The smallest absolute Gasteiger partial charge is 0.326 e. The van der Waals surface area contributed by atoms with Gasteiger partial charge in [0.25, 0.3) is 5.91 Å². The molecule has 1 fully saturated rings. The number of carbonyl (C=O) groups is 3. The Labute approximate surface area is 275 Å². The Bertz CT molecular complexity index is 1750. The predicted octanol–water partition coefficient (Wildman–Crippen LogP) is 9.25. The Hall–Kier alpha value is -3.49. The molecule has 0 radical (unpaired) electrons. The Morgan fingerprint density at radius 1 is 0.894 bits per heavy atom.